The van der Waals surface area contributed by atoms with Gasteiger partial charge in [-0.1, -0.05) is 69.3 Å². The number of carbonyl (C=O) groups is 1. The summed E-state index contributed by atoms with van der Waals surface area (Å²) in [5.41, 5.74) is 2.25. The monoisotopic (exact) mass is 339 g/mol. The number of rotatable bonds is 8. The molecule has 25 heavy (non-hydrogen) atoms. The summed E-state index contributed by atoms with van der Waals surface area (Å²) in [5.74, 6) is 1.19. The normalized spacial score (nSPS) is 13.3. The number of carbonyl (C=O) groups excluding carboxylic acids is 1. The van der Waals surface area contributed by atoms with Gasteiger partial charge in [-0.15, -0.1) is 0 Å². The Balaban J connectivity index is 2.06. The number of amides is 1. The summed E-state index contributed by atoms with van der Waals surface area (Å²) < 4.78 is 5.93. The Morgan fingerprint density at radius 1 is 1.00 bits per heavy atom. The van der Waals surface area contributed by atoms with Crippen molar-refractivity contribution in [1.82, 2.24) is 5.32 Å². The minimum atomic E-state index is -0.536. The lowest BCUT2D eigenvalue weighted by Gasteiger charge is -2.24. The average molecular weight is 339 g/mol. The molecule has 134 valence electrons. The van der Waals surface area contributed by atoms with Gasteiger partial charge in [0.2, 0.25) is 0 Å². The second kappa shape index (κ2) is 9.26. The van der Waals surface area contributed by atoms with Gasteiger partial charge in [-0.25, -0.2) is 0 Å². The maximum absolute atomic E-state index is 12.7. The van der Waals surface area contributed by atoms with Crippen LogP contribution < -0.4 is 10.1 Å². The Bertz CT molecular complexity index is 667. The third kappa shape index (κ3) is 5.63. The van der Waals surface area contributed by atoms with Crippen molar-refractivity contribution in [1.29, 1.82) is 0 Å². The van der Waals surface area contributed by atoms with Gasteiger partial charge in [0.1, 0.15) is 5.75 Å². The molecule has 0 aliphatic rings. The van der Waals surface area contributed by atoms with Crippen LogP contribution in [0.1, 0.15) is 51.3 Å². The van der Waals surface area contributed by atoms with Crippen molar-refractivity contribution in [2.75, 3.05) is 0 Å². The third-order valence-electron chi connectivity index (χ3n) is 4.25. The molecule has 0 bridgehead atoms. The Morgan fingerprint density at radius 3 is 2.28 bits per heavy atom. The van der Waals surface area contributed by atoms with Gasteiger partial charge in [0, 0.05) is 0 Å². The first kappa shape index (κ1) is 19.0. The van der Waals surface area contributed by atoms with Gasteiger partial charge in [0.05, 0.1) is 6.04 Å². The van der Waals surface area contributed by atoms with E-state index in [1.54, 1.807) is 6.92 Å². The van der Waals surface area contributed by atoms with Crippen molar-refractivity contribution >= 4 is 5.91 Å². The lowest BCUT2D eigenvalue weighted by Crippen LogP contribution is -2.39. The predicted molar refractivity (Wildman–Crippen MR) is 103 cm³/mol. The van der Waals surface area contributed by atoms with Crippen molar-refractivity contribution in [3.63, 3.8) is 0 Å². The Morgan fingerprint density at radius 2 is 1.64 bits per heavy atom. The maximum Gasteiger partial charge on any atom is 0.261 e. The molecule has 0 saturated carbocycles. The highest BCUT2D eigenvalue weighted by molar-refractivity contribution is 5.81. The zero-order valence-corrected chi connectivity index (χ0v) is 15.7. The molecule has 0 saturated heterocycles. The van der Waals surface area contributed by atoms with E-state index in [2.05, 4.69) is 38.2 Å². The van der Waals surface area contributed by atoms with Crippen molar-refractivity contribution in [2.45, 2.75) is 52.7 Å². The fourth-order valence-corrected chi connectivity index (χ4v) is 2.88. The molecule has 2 aromatic rings. The molecule has 3 nitrogen and oxygen atoms in total. The fourth-order valence-electron chi connectivity index (χ4n) is 2.88. The van der Waals surface area contributed by atoms with Gasteiger partial charge in [-0.2, -0.15) is 0 Å². The summed E-state index contributed by atoms with van der Waals surface area (Å²) in [6.07, 6.45) is 1.24. The van der Waals surface area contributed by atoms with Crippen molar-refractivity contribution in [3.05, 3.63) is 65.7 Å². The van der Waals surface area contributed by atoms with Gasteiger partial charge in [-0.05, 0) is 42.9 Å². The van der Waals surface area contributed by atoms with Crippen LogP contribution in [0.3, 0.4) is 0 Å². The first-order valence-corrected chi connectivity index (χ1v) is 9.11. The number of hydrogen-bond donors (Lipinski definition) is 1. The highest BCUT2D eigenvalue weighted by atomic mass is 16.5. The van der Waals surface area contributed by atoms with E-state index in [9.17, 15) is 4.79 Å². The quantitative estimate of drug-likeness (QED) is 0.741. The number of para-hydroxylation sites is 1. The topological polar surface area (TPSA) is 38.3 Å². The molecule has 1 N–H and O–H groups in total. The predicted octanol–water partition coefficient (Wildman–Crippen LogP) is 4.92. The summed E-state index contributed by atoms with van der Waals surface area (Å²) in [4.78, 5) is 12.7. The fraction of sp³-hybridized carbons (Fsp3) is 0.409. The van der Waals surface area contributed by atoms with Gasteiger partial charge < -0.3 is 10.1 Å². The van der Waals surface area contributed by atoms with Gasteiger partial charge in [0.15, 0.2) is 6.10 Å². The molecule has 0 aliphatic carbocycles. The second-order valence-corrected chi connectivity index (χ2v) is 6.82. The lowest BCUT2D eigenvalue weighted by atomic mass is 9.97. The highest BCUT2D eigenvalue weighted by Gasteiger charge is 2.21. The van der Waals surface area contributed by atoms with Crippen molar-refractivity contribution < 1.29 is 9.53 Å². The summed E-state index contributed by atoms with van der Waals surface area (Å²) in [7, 11) is 0. The van der Waals surface area contributed by atoms with Crippen LogP contribution in [0.5, 0.6) is 5.75 Å². The minimum absolute atomic E-state index is 0.00108. The molecule has 1 amide bonds. The number of nitrogens with one attached hydrogen (secondary N) is 1. The Kier molecular flexibility index (Phi) is 7.05. The molecule has 2 aromatic carbocycles. The Hall–Kier alpha value is -2.29. The molecule has 0 unspecified atom stereocenters. The van der Waals surface area contributed by atoms with Crippen LogP contribution in [0.2, 0.25) is 0 Å². The van der Waals surface area contributed by atoms with E-state index in [0.717, 1.165) is 29.7 Å². The van der Waals surface area contributed by atoms with Crippen molar-refractivity contribution in [3.8, 4) is 5.75 Å². The number of ether oxygens (including phenoxy) is 1. The van der Waals surface area contributed by atoms with Gasteiger partial charge >= 0.3 is 0 Å². The van der Waals surface area contributed by atoms with Crippen LogP contribution in [-0.4, -0.2) is 12.0 Å². The maximum atomic E-state index is 12.7. The highest BCUT2D eigenvalue weighted by Crippen LogP contribution is 2.23. The van der Waals surface area contributed by atoms with Crippen LogP contribution in [0.15, 0.2) is 54.6 Å². The lowest BCUT2D eigenvalue weighted by molar-refractivity contribution is -0.128. The molecule has 2 atom stereocenters. The first-order chi connectivity index (χ1) is 12.0. The zero-order valence-electron chi connectivity index (χ0n) is 15.7. The minimum Gasteiger partial charge on any atom is -0.481 e. The molecule has 0 fully saturated rings. The van der Waals surface area contributed by atoms with Crippen LogP contribution >= 0.6 is 0 Å². The largest absolute Gasteiger partial charge is 0.481 e. The molecule has 0 aliphatic heterocycles. The second-order valence-electron chi connectivity index (χ2n) is 6.82. The van der Waals surface area contributed by atoms with E-state index in [-0.39, 0.29) is 11.9 Å². The number of benzene rings is 2. The smallest absolute Gasteiger partial charge is 0.261 e. The van der Waals surface area contributed by atoms with Gasteiger partial charge in [0.25, 0.3) is 5.91 Å². The Labute approximate surface area is 151 Å². The molecule has 3 heteroatoms. The van der Waals surface area contributed by atoms with E-state index in [1.165, 1.54) is 0 Å². The SMILES string of the molecule is CCc1ccccc1O[C@H](C)C(=O)N[C@@H](CC(C)C)c1ccccc1. The summed E-state index contributed by atoms with van der Waals surface area (Å²) >= 11 is 0. The molecule has 0 heterocycles. The number of aryl methyl sites for hydroxylation is 1. The molecule has 0 spiro atoms. The first-order valence-electron chi connectivity index (χ1n) is 9.11. The summed E-state index contributed by atoms with van der Waals surface area (Å²) in [5, 5.41) is 3.16. The molecule has 0 aromatic heterocycles. The van der Waals surface area contributed by atoms with Crippen molar-refractivity contribution in [2.24, 2.45) is 5.92 Å². The van der Waals surface area contributed by atoms with E-state index in [1.807, 2.05) is 42.5 Å². The zero-order chi connectivity index (χ0) is 18.2. The van der Waals surface area contributed by atoms with E-state index >= 15 is 0 Å². The summed E-state index contributed by atoms with van der Waals surface area (Å²) in [6, 6.07) is 18.0. The number of hydrogen-bond acceptors (Lipinski definition) is 2. The van der Waals surface area contributed by atoms with Crippen LogP contribution in [0, 0.1) is 5.92 Å². The van der Waals surface area contributed by atoms with Gasteiger partial charge in [-0.3, -0.25) is 4.79 Å². The molecular formula is C22H29NO2. The molecule has 2 rings (SSSR count). The van der Waals surface area contributed by atoms with E-state index in [4.69, 9.17) is 4.74 Å². The standard InChI is InChI=1S/C22H29NO2/c1-5-18-11-9-10-14-21(18)25-17(4)22(24)23-20(15-16(2)3)19-12-7-6-8-13-19/h6-14,16-17,20H,5,15H2,1-4H3,(H,23,24)/t17-,20+/m1/s1. The summed E-state index contributed by atoms with van der Waals surface area (Å²) in [6.45, 7) is 8.22. The van der Waals surface area contributed by atoms with Crippen LogP contribution in [-0.2, 0) is 11.2 Å². The molecule has 0 radical (unpaired) electrons. The van der Waals surface area contributed by atoms with Crippen LogP contribution in [0.25, 0.3) is 0 Å². The van der Waals surface area contributed by atoms with Crippen LogP contribution in [0.4, 0.5) is 0 Å². The molecular weight excluding hydrogens is 310 g/mol. The van der Waals surface area contributed by atoms with E-state index < -0.39 is 6.10 Å². The van der Waals surface area contributed by atoms with E-state index in [0.29, 0.717) is 5.92 Å². The third-order valence-corrected chi connectivity index (χ3v) is 4.25. The average Bonchev–Trinajstić information content (AvgIpc) is 2.62.